The number of para-hydroxylation sites is 1. The summed E-state index contributed by atoms with van der Waals surface area (Å²) in [5, 5.41) is 4.68. The van der Waals surface area contributed by atoms with E-state index in [4.69, 9.17) is 0 Å². The van der Waals surface area contributed by atoms with Crippen molar-refractivity contribution in [1.29, 1.82) is 0 Å². The molecule has 0 bridgehead atoms. The topological polar surface area (TPSA) is 72.3 Å². The summed E-state index contributed by atoms with van der Waals surface area (Å²) in [6.07, 6.45) is 1.15. The van der Waals surface area contributed by atoms with E-state index in [0.717, 1.165) is 34.5 Å². The first-order valence-corrected chi connectivity index (χ1v) is 11.2. The van der Waals surface area contributed by atoms with Gasteiger partial charge in [-0.1, -0.05) is 18.2 Å². The van der Waals surface area contributed by atoms with Crippen molar-refractivity contribution >= 4 is 15.7 Å². The normalized spacial score (nSPS) is 11.5. The van der Waals surface area contributed by atoms with Gasteiger partial charge < -0.3 is 4.90 Å². The molecule has 0 aliphatic heterocycles. The van der Waals surface area contributed by atoms with Crippen molar-refractivity contribution < 1.29 is 13.2 Å². The maximum Gasteiger partial charge on any atom is 0.253 e. The van der Waals surface area contributed by atoms with Crippen LogP contribution in [0.25, 0.3) is 5.69 Å². The number of amides is 1. The molecule has 3 rings (SSSR count). The van der Waals surface area contributed by atoms with Crippen molar-refractivity contribution in [2.24, 2.45) is 0 Å². The van der Waals surface area contributed by atoms with Gasteiger partial charge in [0.2, 0.25) is 0 Å². The van der Waals surface area contributed by atoms with Gasteiger partial charge in [0, 0.05) is 36.7 Å². The van der Waals surface area contributed by atoms with Crippen LogP contribution >= 0.6 is 0 Å². The molecule has 0 spiro atoms. The van der Waals surface area contributed by atoms with Crippen molar-refractivity contribution in [1.82, 2.24) is 14.7 Å². The highest BCUT2D eigenvalue weighted by Crippen LogP contribution is 2.22. The number of nitrogens with zero attached hydrogens (tertiary/aromatic N) is 3. The average molecular weight is 412 g/mol. The number of aryl methyl sites for hydroxylation is 2. The van der Waals surface area contributed by atoms with E-state index in [9.17, 15) is 13.2 Å². The lowest BCUT2D eigenvalue weighted by Crippen LogP contribution is -2.26. The lowest BCUT2D eigenvalue weighted by Gasteiger charge is -2.18. The molecule has 6 nitrogen and oxygen atoms in total. The summed E-state index contributed by atoms with van der Waals surface area (Å²) in [7, 11) is -1.56. The SMILES string of the molecule is Cc1ccccc1-n1nc(C)c(CN(C)C(=O)c2ccc(S(C)(=O)=O)cc2)c1C. The lowest BCUT2D eigenvalue weighted by atomic mass is 10.1. The highest BCUT2D eigenvalue weighted by atomic mass is 32.2. The third-order valence-corrected chi connectivity index (χ3v) is 6.18. The summed E-state index contributed by atoms with van der Waals surface area (Å²) < 4.78 is 25.1. The predicted octanol–water partition coefficient (Wildman–Crippen LogP) is 3.47. The van der Waals surface area contributed by atoms with E-state index in [0.29, 0.717) is 12.1 Å². The van der Waals surface area contributed by atoms with Gasteiger partial charge in [-0.05, 0) is 56.7 Å². The average Bonchev–Trinajstić information content (AvgIpc) is 2.95. The molecule has 0 aliphatic carbocycles. The Morgan fingerprint density at radius 1 is 1.03 bits per heavy atom. The molecule has 0 atom stereocenters. The van der Waals surface area contributed by atoms with E-state index >= 15 is 0 Å². The number of rotatable bonds is 5. The van der Waals surface area contributed by atoms with E-state index in [-0.39, 0.29) is 10.8 Å². The number of carbonyl (C=O) groups excluding carboxylic acids is 1. The van der Waals surface area contributed by atoms with Crippen LogP contribution in [0.4, 0.5) is 0 Å². The Balaban J connectivity index is 1.85. The van der Waals surface area contributed by atoms with Crippen molar-refractivity contribution in [3.63, 3.8) is 0 Å². The Bertz CT molecular complexity index is 1160. The van der Waals surface area contributed by atoms with Crippen LogP contribution in [0.1, 0.15) is 32.9 Å². The number of aromatic nitrogens is 2. The molecule has 1 amide bonds. The molecule has 0 aliphatic rings. The molecule has 0 radical (unpaired) electrons. The van der Waals surface area contributed by atoms with E-state index in [2.05, 4.69) is 5.10 Å². The zero-order valence-electron chi connectivity index (χ0n) is 17.3. The first kappa shape index (κ1) is 20.8. The van der Waals surface area contributed by atoms with Crippen molar-refractivity contribution in [2.75, 3.05) is 13.3 Å². The van der Waals surface area contributed by atoms with Crippen LogP contribution in [0.5, 0.6) is 0 Å². The number of hydrogen-bond donors (Lipinski definition) is 0. The van der Waals surface area contributed by atoms with Crippen molar-refractivity contribution in [2.45, 2.75) is 32.2 Å². The van der Waals surface area contributed by atoms with Gasteiger partial charge in [-0.15, -0.1) is 0 Å². The van der Waals surface area contributed by atoms with E-state index in [1.807, 2.05) is 49.7 Å². The number of hydrogen-bond acceptors (Lipinski definition) is 4. The van der Waals surface area contributed by atoms with E-state index in [1.165, 1.54) is 12.1 Å². The second-order valence-electron chi connectivity index (χ2n) is 7.31. The Morgan fingerprint density at radius 3 is 2.24 bits per heavy atom. The summed E-state index contributed by atoms with van der Waals surface area (Å²) in [6, 6.07) is 14.1. The van der Waals surface area contributed by atoms with Crippen molar-refractivity contribution in [3.05, 3.63) is 76.6 Å². The molecule has 29 heavy (non-hydrogen) atoms. The summed E-state index contributed by atoms with van der Waals surface area (Å²) in [5.41, 5.74) is 5.45. The van der Waals surface area contributed by atoms with Gasteiger partial charge in [0.25, 0.3) is 5.91 Å². The van der Waals surface area contributed by atoms with Crippen LogP contribution in [0.15, 0.2) is 53.4 Å². The van der Waals surface area contributed by atoms with Gasteiger partial charge in [-0.2, -0.15) is 5.10 Å². The monoisotopic (exact) mass is 411 g/mol. The zero-order chi connectivity index (χ0) is 21.3. The fourth-order valence-corrected chi connectivity index (χ4v) is 3.94. The summed E-state index contributed by atoms with van der Waals surface area (Å²) >= 11 is 0. The number of carbonyl (C=O) groups is 1. The Hall–Kier alpha value is -2.93. The molecular formula is C22H25N3O3S. The van der Waals surface area contributed by atoms with Gasteiger partial charge in [-0.25, -0.2) is 13.1 Å². The minimum absolute atomic E-state index is 0.174. The fourth-order valence-electron chi connectivity index (χ4n) is 3.31. The van der Waals surface area contributed by atoms with Crippen LogP contribution in [0.3, 0.4) is 0 Å². The second-order valence-corrected chi connectivity index (χ2v) is 9.32. The molecule has 3 aromatic rings. The number of sulfone groups is 1. The summed E-state index contributed by atoms with van der Waals surface area (Å²) in [6.45, 7) is 6.40. The van der Waals surface area contributed by atoms with Crippen LogP contribution in [0, 0.1) is 20.8 Å². The van der Waals surface area contributed by atoms with Gasteiger partial charge >= 0.3 is 0 Å². The minimum Gasteiger partial charge on any atom is -0.337 e. The van der Waals surface area contributed by atoms with E-state index < -0.39 is 9.84 Å². The highest BCUT2D eigenvalue weighted by molar-refractivity contribution is 7.90. The third-order valence-electron chi connectivity index (χ3n) is 5.06. The molecule has 0 saturated carbocycles. The second kappa shape index (κ2) is 7.83. The molecule has 0 fully saturated rings. The predicted molar refractivity (Wildman–Crippen MR) is 113 cm³/mol. The molecule has 0 N–H and O–H groups in total. The lowest BCUT2D eigenvalue weighted by molar-refractivity contribution is 0.0784. The summed E-state index contributed by atoms with van der Waals surface area (Å²) in [5.74, 6) is -0.174. The van der Waals surface area contributed by atoms with E-state index in [1.54, 1.807) is 24.1 Å². The Labute approximate surface area is 171 Å². The standard InChI is InChI=1S/C22H25N3O3S/c1-15-8-6-7-9-21(15)25-17(3)20(16(2)23-25)14-24(4)22(26)18-10-12-19(13-11-18)29(5,27)28/h6-13H,14H2,1-5H3. The maximum absolute atomic E-state index is 12.8. The van der Waals surface area contributed by atoms with Crippen LogP contribution in [0.2, 0.25) is 0 Å². The highest BCUT2D eigenvalue weighted by Gasteiger charge is 2.19. The van der Waals surface area contributed by atoms with Crippen LogP contribution < -0.4 is 0 Å². The minimum atomic E-state index is -3.29. The van der Waals surface area contributed by atoms with Crippen molar-refractivity contribution in [3.8, 4) is 5.69 Å². The largest absolute Gasteiger partial charge is 0.337 e. The first-order chi connectivity index (χ1) is 13.6. The quantitative estimate of drug-likeness (QED) is 0.644. The fraction of sp³-hybridized carbons (Fsp3) is 0.273. The molecule has 1 aromatic heterocycles. The molecule has 0 unspecified atom stereocenters. The Morgan fingerprint density at radius 2 is 1.66 bits per heavy atom. The molecule has 7 heteroatoms. The molecule has 2 aromatic carbocycles. The first-order valence-electron chi connectivity index (χ1n) is 9.26. The molecule has 1 heterocycles. The maximum atomic E-state index is 12.8. The van der Waals surface area contributed by atoms with Crippen LogP contribution in [-0.4, -0.2) is 42.3 Å². The molecule has 152 valence electrons. The van der Waals surface area contributed by atoms with Gasteiger partial charge in [0.05, 0.1) is 16.3 Å². The Kier molecular flexibility index (Phi) is 5.61. The summed E-state index contributed by atoms with van der Waals surface area (Å²) in [4.78, 5) is 14.6. The molecular weight excluding hydrogens is 386 g/mol. The molecule has 0 saturated heterocycles. The van der Waals surface area contributed by atoms with Crippen LogP contribution in [-0.2, 0) is 16.4 Å². The van der Waals surface area contributed by atoms with Gasteiger partial charge in [0.15, 0.2) is 9.84 Å². The smallest absolute Gasteiger partial charge is 0.253 e. The van der Waals surface area contributed by atoms with Gasteiger partial charge in [-0.3, -0.25) is 4.79 Å². The van der Waals surface area contributed by atoms with Gasteiger partial charge in [0.1, 0.15) is 0 Å². The number of benzene rings is 2. The zero-order valence-corrected chi connectivity index (χ0v) is 18.1. The third kappa shape index (κ3) is 4.24.